The van der Waals surface area contributed by atoms with Gasteiger partial charge < -0.3 is 24.8 Å². The molecule has 0 saturated carbocycles. The zero-order valence-electron chi connectivity index (χ0n) is 17.4. The minimum absolute atomic E-state index is 0. The first-order chi connectivity index (χ1) is 13.0. The number of hydrogen-bond acceptors (Lipinski definition) is 1. The summed E-state index contributed by atoms with van der Waals surface area (Å²) in [5.41, 5.74) is 7.68. The van der Waals surface area contributed by atoms with E-state index in [1.807, 2.05) is 0 Å². The van der Waals surface area contributed by atoms with E-state index in [4.69, 9.17) is 4.43 Å². The average molecular weight is 523 g/mol. The van der Waals surface area contributed by atoms with Crippen LogP contribution >= 0.6 is 0 Å². The molecule has 2 aliphatic carbocycles. The fourth-order valence-corrected chi connectivity index (χ4v) is 8.36. The Kier molecular flexibility index (Phi) is 9.19. The van der Waals surface area contributed by atoms with Gasteiger partial charge in [-0.2, -0.15) is 0 Å². The van der Waals surface area contributed by atoms with Crippen molar-refractivity contribution in [3.8, 4) is 11.1 Å². The van der Waals surface area contributed by atoms with Gasteiger partial charge in [0.05, 0.1) is 0 Å². The molecule has 2 aromatic rings. The smallest absolute Gasteiger partial charge is 1.00 e. The van der Waals surface area contributed by atoms with Crippen molar-refractivity contribution in [1.29, 1.82) is 0 Å². The van der Waals surface area contributed by atoms with Gasteiger partial charge in [-0.3, -0.25) is 0 Å². The molecular formula is C24H28Cl2OSiZr. The zero-order chi connectivity index (χ0) is 18.9. The van der Waals surface area contributed by atoms with Gasteiger partial charge in [0.25, 0.3) is 0 Å². The second-order valence-corrected chi connectivity index (χ2v) is 16.4. The molecule has 5 heteroatoms. The summed E-state index contributed by atoms with van der Waals surface area (Å²) in [4.78, 5) is 0. The molecule has 0 saturated heterocycles. The molecule has 0 spiro atoms. The van der Waals surface area contributed by atoms with Crippen molar-refractivity contribution < 1.29 is 52.5 Å². The standard InChI is InChI=1S/C13H9.C11H19OSi.2ClH.Zr/c1-3-7-12-10(5-1)9-11-6-2-4-8-13(11)12;1-13(2,3)12-10-6-9-11-7-4-5-8-11;;;/h1-5,7-8H,9H2;4,7H,5-6,9-10H2,1-3H3;2*1H;/q;;;;+2/p-2. The summed E-state index contributed by atoms with van der Waals surface area (Å²) < 4.78 is 9.50. The van der Waals surface area contributed by atoms with Crippen LogP contribution in [0.5, 0.6) is 0 Å². The molecule has 0 bridgehead atoms. The minimum Gasteiger partial charge on any atom is -1.00 e. The molecule has 0 aromatic heterocycles. The Morgan fingerprint density at radius 3 is 2.52 bits per heavy atom. The molecule has 0 heterocycles. The van der Waals surface area contributed by atoms with Crippen LogP contribution in [0.25, 0.3) is 11.1 Å². The van der Waals surface area contributed by atoms with Crippen LogP contribution in [-0.4, -0.2) is 14.9 Å². The molecule has 152 valence electrons. The van der Waals surface area contributed by atoms with Gasteiger partial charge in [0.2, 0.25) is 0 Å². The van der Waals surface area contributed by atoms with E-state index in [2.05, 4.69) is 74.3 Å². The SMILES string of the molecule is C[Si](C)(C)OCCCC1=[C]([Zr+2][c]2cccc3c2Cc2ccccc2-3)CC=C1.[Cl-].[Cl-]. The van der Waals surface area contributed by atoms with Gasteiger partial charge in [0, 0.05) is 0 Å². The maximum Gasteiger partial charge on any atom is -1.00 e. The third kappa shape index (κ3) is 6.05. The van der Waals surface area contributed by atoms with Gasteiger partial charge in [0.15, 0.2) is 0 Å². The minimum atomic E-state index is -1.38. The van der Waals surface area contributed by atoms with Crippen LogP contribution in [0.4, 0.5) is 0 Å². The molecular weight excluding hydrogens is 494 g/mol. The molecule has 1 nitrogen and oxygen atoms in total. The first-order valence-corrected chi connectivity index (χ1v) is 15.9. The first-order valence-electron chi connectivity index (χ1n) is 10.0. The van der Waals surface area contributed by atoms with Gasteiger partial charge in [-0.1, -0.05) is 0 Å². The summed E-state index contributed by atoms with van der Waals surface area (Å²) in [7, 11) is -1.38. The van der Waals surface area contributed by atoms with Gasteiger partial charge in [-0.25, -0.2) is 0 Å². The van der Waals surface area contributed by atoms with E-state index < -0.39 is 31.6 Å². The number of benzene rings is 2. The Morgan fingerprint density at radius 2 is 1.72 bits per heavy atom. The Balaban J connectivity index is 0.00000150. The van der Waals surface area contributed by atoms with Gasteiger partial charge in [-0.05, 0) is 0 Å². The fraction of sp³-hybridized carbons (Fsp3) is 0.333. The van der Waals surface area contributed by atoms with Crippen LogP contribution in [-0.2, 0) is 34.1 Å². The Labute approximate surface area is 200 Å². The normalized spacial score (nSPS) is 14.0. The first kappa shape index (κ1) is 24.8. The van der Waals surface area contributed by atoms with Crippen molar-refractivity contribution in [1.82, 2.24) is 0 Å². The predicted molar refractivity (Wildman–Crippen MR) is 114 cm³/mol. The summed E-state index contributed by atoms with van der Waals surface area (Å²) in [6.07, 6.45) is 9.43. The maximum absolute atomic E-state index is 6.05. The van der Waals surface area contributed by atoms with Crippen LogP contribution in [0.1, 0.15) is 30.4 Å². The van der Waals surface area contributed by atoms with Crippen molar-refractivity contribution in [2.45, 2.75) is 45.3 Å². The fourth-order valence-electron chi connectivity index (χ4n) is 3.99. The van der Waals surface area contributed by atoms with Crippen molar-refractivity contribution in [2.75, 3.05) is 6.61 Å². The molecule has 29 heavy (non-hydrogen) atoms. The van der Waals surface area contributed by atoms with Gasteiger partial charge in [-0.15, -0.1) is 0 Å². The predicted octanol–water partition coefficient (Wildman–Crippen LogP) is -0.181. The Morgan fingerprint density at radius 1 is 0.966 bits per heavy atom. The number of rotatable bonds is 7. The third-order valence-corrected chi connectivity index (χ3v) is 10.2. The molecule has 0 amide bonds. The van der Waals surface area contributed by atoms with Crippen molar-refractivity contribution in [3.63, 3.8) is 0 Å². The monoisotopic (exact) mass is 520 g/mol. The maximum atomic E-state index is 6.05. The number of fused-ring (bicyclic) bond motifs is 3. The van der Waals surface area contributed by atoms with Gasteiger partial charge >= 0.3 is 177 Å². The van der Waals surface area contributed by atoms with Crippen LogP contribution in [0.2, 0.25) is 19.6 Å². The van der Waals surface area contributed by atoms with E-state index in [0.29, 0.717) is 0 Å². The molecule has 2 aromatic carbocycles. The molecule has 0 unspecified atom stereocenters. The van der Waals surface area contributed by atoms with Crippen molar-refractivity contribution in [2.24, 2.45) is 0 Å². The Bertz CT molecular complexity index is 915. The topological polar surface area (TPSA) is 9.23 Å². The van der Waals surface area contributed by atoms with E-state index in [1.165, 1.54) is 29.5 Å². The summed E-state index contributed by atoms with van der Waals surface area (Å²) in [6.45, 7) is 7.74. The van der Waals surface area contributed by atoms with E-state index in [9.17, 15) is 0 Å². The number of allylic oxidation sites excluding steroid dienone is 4. The summed E-state index contributed by atoms with van der Waals surface area (Å²) in [5.74, 6) is 0. The van der Waals surface area contributed by atoms with E-state index in [-0.39, 0.29) is 24.8 Å². The average Bonchev–Trinajstić information content (AvgIpc) is 3.23. The van der Waals surface area contributed by atoms with Crippen LogP contribution in [0, 0.1) is 0 Å². The number of halogens is 2. The largest absolute Gasteiger partial charge is 1.00 e. The molecule has 0 fully saturated rings. The molecule has 0 N–H and O–H groups in total. The van der Waals surface area contributed by atoms with E-state index >= 15 is 0 Å². The quantitative estimate of drug-likeness (QED) is 0.309. The van der Waals surface area contributed by atoms with Crippen molar-refractivity contribution >= 4 is 11.6 Å². The summed E-state index contributed by atoms with van der Waals surface area (Å²) >= 11 is -0.728. The van der Waals surface area contributed by atoms with Gasteiger partial charge in [0.1, 0.15) is 0 Å². The van der Waals surface area contributed by atoms with Crippen LogP contribution in [0.15, 0.2) is 63.5 Å². The Hall–Kier alpha value is -0.440. The molecule has 0 atom stereocenters. The van der Waals surface area contributed by atoms with E-state index in [0.717, 1.165) is 19.4 Å². The molecule has 2 aliphatic rings. The van der Waals surface area contributed by atoms with E-state index in [1.54, 1.807) is 17.7 Å². The second-order valence-electron chi connectivity index (χ2n) is 8.47. The summed E-state index contributed by atoms with van der Waals surface area (Å²) in [5, 5.41) is 0. The molecule has 4 rings (SSSR count). The van der Waals surface area contributed by atoms with Crippen molar-refractivity contribution in [3.05, 3.63) is 74.6 Å². The summed E-state index contributed by atoms with van der Waals surface area (Å²) in [6, 6.07) is 15.9. The van der Waals surface area contributed by atoms with Crippen LogP contribution < -0.4 is 28.1 Å². The molecule has 0 aliphatic heterocycles. The van der Waals surface area contributed by atoms with Crippen LogP contribution in [0.3, 0.4) is 0 Å². The zero-order valence-corrected chi connectivity index (χ0v) is 22.4. The number of hydrogen-bond donors (Lipinski definition) is 0. The third-order valence-electron chi connectivity index (χ3n) is 5.29. The second kappa shape index (κ2) is 10.7. The molecule has 0 radical (unpaired) electrons.